The van der Waals surface area contributed by atoms with Crippen LogP contribution >= 0.6 is 0 Å². The Morgan fingerprint density at radius 3 is 3.27 bits per heavy atom. The van der Waals surface area contributed by atoms with Crippen LogP contribution in [0.3, 0.4) is 0 Å². The first-order valence-corrected chi connectivity index (χ1v) is 8.00. The van der Waals surface area contributed by atoms with Gasteiger partial charge in [-0.25, -0.2) is 0 Å². The molecule has 80 valence electrons. The molecule has 0 amide bonds. The summed E-state index contributed by atoms with van der Waals surface area (Å²) >= 11 is 0.321. The first-order valence-electron chi connectivity index (χ1n) is 5.67. The molecule has 15 heavy (non-hydrogen) atoms. The second-order valence-electron chi connectivity index (χ2n) is 4.57. The van der Waals surface area contributed by atoms with Crippen molar-refractivity contribution in [2.75, 3.05) is 0 Å². The van der Waals surface area contributed by atoms with Crippen molar-refractivity contribution in [2.24, 2.45) is 5.92 Å². The van der Waals surface area contributed by atoms with E-state index in [-0.39, 0.29) is 0 Å². The maximum atomic E-state index is 4.01. The van der Waals surface area contributed by atoms with Gasteiger partial charge in [0, 0.05) is 0 Å². The molecule has 1 fully saturated rings. The second-order valence-corrected chi connectivity index (χ2v) is 8.40. The zero-order chi connectivity index (χ0) is 10.5. The van der Waals surface area contributed by atoms with Gasteiger partial charge in [0.1, 0.15) is 0 Å². The third kappa shape index (κ3) is 1.47. The summed E-state index contributed by atoms with van der Waals surface area (Å²) in [5.41, 5.74) is 3.11. The molecule has 1 heteroatoms. The molecule has 0 aromatic rings. The van der Waals surface area contributed by atoms with Crippen LogP contribution in [0.4, 0.5) is 0 Å². The number of fused-ring (bicyclic) bond motifs is 2. The van der Waals surface area contributed by atoms with Crippen molar-refractivity contribution < 1.29 is 21.2 Å². The van der Waals surface area contributed by atoms with Crippen LogP contribution in [0.1, 0.15) is 19.8 Å². The maximum absolute atomic E-state index is 4.01. The minimum atomic E-state index is 0.321. The Morgan fingerprint density at radius 2 is 2.53 bits per heavy atom. The van der Waals surface area contributed by atoms with Gasteiger partial charge in [-0.05, 0) is 0 Å². The Balaban J connectivity index is 1.96. The Morgan fingerprint density at radius 1 is 1.67 bits per heavy atom. The van der Waals surface area contributed by atoms with Crippen LogP contribution in [0.25, 0.3) is 0 Å². The van der Waals surface area contributed by atoms with Crippen LogP contribution in [0.5, 0.6) is 0 Å². The van der Waals surface area contributed by atoms with Gasteiger partial charge < -0.3 is 0 Å². The number of hydrogen-bond donors (Lipinski definition) is 0. The second kappa shape index (κ2) is 3.34. The molecule has 1 heterocycles. The van der Waals surface area contributed by atoms with Gasteiger partial charge in [0.15, 0.2) is 0 Å². The molecule has 0 nitrogen and oxygen atoms in total. The molecule has 0 radical (unpaired) electrons. The van der Waals surface area contributed by atoms with Crippen LogP contribution in [0, 0.1) is 5.92 Å². The van der Waals surface area contributed by atoms with E-state index in [2.05, 4.69) is 43.9 Å². The van der Waals surface area contributed by atoms with Gasteiger partial charge in [-0.1, -0.05) is 0 Å². The standard InChI is InChI=1S/C14H16I/c1-3-10-5-6-11-8-13-14(4-2,15-13)9-12(11)7-10/h4-6,8-10,13H,2-3,7H2,1H3/q-1. The van der Waals surface area contributed by atoms with Gasteiger partial charge in [0.2, 0.25) is 0 Å². The molecule has 0 bridgehead atoms. The monoisotopic (exact) mass is 311 g/mol. The van der Waals surface area contributed by atoms with E-state index in [1.54, 1.807) is 5.57 Å². The van der Waals surface area contributed by atoms with Crippen LogP contribution in [0.2, 0.25) is 0 Å². The summed E-state index contributed by atoms with van der Waals surface area (Å²) in [6, 6.07) is 0. The van der Waals surface area contributed by atoms with E-state index in [0.717, 1.165) is 9.84 Å². The predicted molar refractivity (Wildman–Crippen MR) is 60.4 cm³/mol. The van der Waals surface area contributed by atoms with Crippen molar-refractivity contribution >= 4 is 0 Å². The first-order chi connectivity index (χ1) is 7.27. The molecule has 2 aliphatic carbocycles. The van der Waals surface area contributed by atoms with E-state index in [4.69, 9.17) is 0 Å². The van der Waals surface area contributed by atoms with Crippen LogP contribution in [-0.4, -0.2) is 7.35 Å². The van der Waals surface area contributed by atoms with Crippen LogP contribution < -0.4 is 21.2 Å². The van der Waals surface area contributed by atoms with Crippen molar-refractivity contribution in [3.05, 3.63) is 48.1 Å². The summed E-state index contributed by atoms with van der Waals surface area (Å²) in [5, 5.41) is 0. The summed E-state index contributed by atoms with van der Waals surface area (Å²) in [6.45, 7) is 6.29. The fraction of sp³-hybridized carbons (Fsp3) is 0.429. The molecular formula is C14H16I-. The van der Waals surface area contributed by atoms with E-state index in [9.17, 15) is 0 Å². The van der Waals surface area contributed by atoms with Gasteiger partial charge in [0.05, 0.1) is 0 Å². The molecule has 0 spiro atoms. The number of halogens is 1. The van der Waals surface area contributed by atoms with Gasteiger partial charge in [-0.2, -0.15) is 0 Å². The number of hydrogen-bond acceptors (Lipinski definition) is 0. The quantitative estimate of drug-likeness (QED) is 0.389. The molecule has 1 aliphatic heterocycles. The fourth-order valence-corrected chi connectivity index (χ4v) is 5.46. The molecule has 3 unspecified atom stereocenters. The van der Waals surface area contributed by atoms with E-state index >= 15 is 0 Å². The summed E-state index contributed by atoms with van der Waals surface area (Å²) in [7, 11) is 0. The average molecular weight is 311 g/mol. The third-order valence-corrected chi connectivity index (χ3v) is 7.53. The van der Waals surface area contributed by atoms with Crippen molar-refractivity contribution in [2.45, 2.75) is 27.1 Å². The third-order valence-electron chi connectivity index (χ3n) is 3.64. The van der Waals surface area contributed by atoms with Crippen molar-refractivity contribution in [1.82, 2.24) is 0 Å². The Bertz CT molecular complexity index is 400. The average Bonchev–Trinajstić information content (AvgIpc) is 2.98. The molecule has 0 aromatic heterocycles. The minimum absolute atomic E-state index is 0.321. The van der Waals surface area contributed by atoms with E-state index in [1.165, 1.54) is 18.4 Å². The van der Waals surface area contributed by atoms with Gasteiger partial charge in [-0.15, -0.1) is 0 Å². The number of rotatable bonds is 2. The predicted octanol–water partition coefficient (Wildman–Crippen LogP) is 0.235. The van der Waals surface area contributed by atoms with Gasteiger partial charge in [0.25, 0.3) is 0 Å². The zero-order valence-corrected chi connectivity index (χ0v) is 11.2. The SMILES string of the molecule is C=CC12C=C3CC(CC)C=CC3=CC1[I-]2. The molecule has 1 saturated heterocycles. The normalized spacial score (nSPS) is 41.7. The zero-order valence-electron chi connectivity index (χ0n) is 9.04. The van der Waals surface area contributed by atoms with E-state index in [0.29, 0.717) is 24.6 Å². The fourth-order valence-electron chi connectivity index (χ4n) is 2.48. The molecule has 3 aliphatic rings. The summed E-state index contributed by atoms with van der Waals surface area (Å²) < 4.78 is 1.32. The Hall–Kier alpha value is -0.310. The Labute approximate surface area is 102 Å². The molecule has 0 saturated carbocycles. The molecule has 0 aromatic carbocycles. The molecular weight excluding hydrogens is 295 g/mol. The van der Waals surface area contributed by atoms with Gasteiger partial charge >= 0.3 is 102 Å². The first kappa shape index (κ1) is 9.88. The van der Waals surface area contributed by atoms with Crippen LogP contribution in [0.15, 0.2) is 48.1 Å². The molecule has 3 rings (SSSR count). The molecule has 0 N–H and O–H groups in total. The summed E-state index contributed by atoms with van der Waals surface area (Å²) in [5.74, 6) is 0.767. The van der Waals surface area contributed by atoms with Crippen molar-refractivity contribution in [3.8, 4) is 0 Å². The number of alkyl halides is 2. The van der Waals surface area contributed by atoms with Crippen molar-refractivity contribution in [1.29, 1.82) is 0 Å². The summed E-state index contributed by atoms with van der Waals surface area (Å²) in [4.78, 5) is 0. The van der Waals surface area contributed by atoms with Gasteiger partial charge in [-0.3, -0.25) is 0 Å². The topological polar surface area (TPSA) is 0 Å². The summed E-state index contributed by atoms with van der Waals surface area (Å²) in [6.07, 6.45) is 14.5. The van der Waals surface area contributed by atoms with E-state index in [1.807, 2.05) is 0 Å². The number of allylic oxidation sites excluding steroid dienone is 7. The van der Waals surface area contributed by atoms with Crippen molar-refractivity contribution in [3.63, 3.8) is 0 Å². The molecule has 3 atom stereocenters. The van der Waals surface area contributed by atoms with Crippen LogP contribution in [-0.2, 0) is 0 Å². The van der Waals surface area contributed by atoms with E-state index < -0.39 is 0 Å². The Kier molecular flexibility index (Phi) is 2.20.